The van der Waals surface area contributed by atoms with E-state index in [1.807, 2.05) is 0 Å². The molecule has 0 N–H and O–H groups in total. The van der Waals surface area contributed by atoms with E-state index in [2.05, 4.69) is 81.4 Å². The summed E-state index contributed by atoms with van der Waals surface area (Å²) < 4.78 is 0. The molecular weight excluding hydrogens is 312 g/mol. The SMILES string of the molecule is Cc1cc(-c2cc(C)c3c(C)c(C)c(C)c(C)c3c2C)c(C)c(C)c1C. The van der Waals surface area contributed by atoms with Gasteiger partial charge in [-0.05, 0) is 147 Å². The van der Waals surface area contributed by atoms with Crippen molar-refractivity contribution in [1.29, 1.82) is 0 Å². The molecule has 0 aliphatic heterocycles. The Morgan fingerprint density at radius 3 is 1.35 bits per heavy atom. The molecule has 3 rings (SSSR count). The van der Waals surface area contributed by atoms with Gasteiger partial charge in [-0.15, -0.1) is 0 Å². The highest BCUT2D eigenvalue weighted by atomic mass is 14.2. The normalized spacial score (nSPS) is 11.5. The summed E-state index contributed by atoms with van der Waals surface area (Å²) in [5.74, 6) is 0. The van der Waals surface area contributed by atoms with Crippen LogP contribution >= 0.6 is 0 Å². The van der Waals surface area contributed by atoms with Gasteiger partial charge in [-0.2, -0.15) is 0 Å². The Kier molecular flexibility index (Phi) is 4.51. The largest absolute Gasteiger partial charge is 0.0509 e. The topological polar surface area (TPSA) is 0 Å². The molecule has 0 amide bonds. The van der Waals surface area contributed by atoms with E-state index in [-0.39, 0.29) is 0 Å². The average molecular weight is 345 g/mol. The Morgan fingerprint density at radius 2 is 0.769 bits per heavy atom. The van der Waals surface area contributed by atoms with E-state index in [1.165, 1.54) is 77.5 Å². The lowest BCUT2D eigenvalue weighted by Crippen LogP contribution is -2.01. The van der Waals surface area contributed by atoms with E-state index in [9.17, 15) is 0 Å². The average Bonchev–Trinajstić information content (AvgIpc) is 2.60. The Hall–Kier alpha value is -2.08. The molecule has 3 aromatic carbocycles. The standard InChI is InChI=1S/C26H32/c1-13-11-23(19(7)16(4)15(13)3)24-12-14(2)25-20(8)17(5)18(6)21(9)26(25)22(24)10/h11-12H,1-10H3. The Morgan fingerprint density at radius 1 is 0.346 bits per heavy atom. The van der Waals surface area contributed by atoms with Crippen LogP contribution in [0.5, 0.6) is 0 Å². The molecule has 0 radical (unpaired) electrons. The second-order valence-corrected chi connectivity index (χ2v) is 8.23. The number of aryl methyl sites for hydroxylation is 5. The fourth-order valence-corrected chi connectivity index (χ4v) is 4.58. The van der Waals surface area contributed by atoms with Gasteiger partial charge in [-0.1, -0.05) is 12.1 Å². The quantitative estimate of drug-likeness (QED) is 0.426. The lowest BCUT2D eigenvalue weighted by atomic mass is 9.82. The van der Waals surface area contributed by atoms with E-state index in [0.29, 0.717) is 0 Å². The Balaban J connectivity index is 2.51. The van der Waals surface area contributed by atoms with E-state index < -0.39 is 0 Å². The second-order valence-electron chi connectivity index (χ2n) is 8.23. The Bertz CT molecular complexity index is 1060. The van der Waals surface area contributed by atoms with Crippen LogP contribution in [-0.2, 0) is 0 Å². The van der Waals surface area contributed by atoms with Crippen molar-refractivity contribution >= 4 is 10.8 Å². The summed E-state index contributed by atoms with van der Waals surface area (Å²) in [6.45, 7) is 22.7. The van der Waals surface area contributed by atoms with Gasteiger partial charge in [0, 0.05) is 0 Å². The molecule has 0 aromatic heterocycles. The minimum absolute atomic E-state index is 1.38. The van der Waals surface area contributed by atoms with Crippen LogP contribution < -0.4 is 0 Å². The third-order valence-electron chi connectivity index (χ3n) is 6.99. The zero-order valence-corrected chi connectivity index (χ0v) is 18.2. The molecule has 0 nitrogen and oxygen atoms in total. The molecule has 3 aromatic rings. The van der Waals surface area contributed by atoms with Crippen molar-refractivity contribution in [2.24, 2.45) is 0 Å². The third-order valence-corrected chi connectivity index (χ3v) is 6.99. The maximum atomic E-state index is 2.41. The van der Waals surface area contributed by atoms with Crippen molar-refractivity contribution in [3.05, 3.63) is 67.8 Å². The minimum atomic E-state index is 1.38. The van der Waals surface area contributed by atoms with Crippen LogP contribution in [0, 0.1) is 69.2 Å². The van der Waals surface area contributed by atoms with Gasteiger partial charge in [0.2, 0.25) is 0 Å². The molecule has 0 saturated carbocycles. The van der Waals surface area contributed by atoms with E-state index in [1.54, 1.807) is 0 Å². The first-order valence-corrected chi connectivity index (χ1v) is 9.65. The van der Waals surface area contributed by atoms with Gasteiger partial charge < -0.3 is 0 Å². The summed E-state index contributed by atoms with van der Waals surface area (Å²) in [6.07, 6.45) is 0. The van der Waals surface area contributed by atoms with Gasteiger partial charge in [0.15, 0.2) is 0 Å². The smallest absolute Gasteiger partial charge is 0.0111 e. The maximum Gasteiger partial charge on any atom is -0.0111 e. The summed E-state index contributed by atoms with van der Waals surface area (Å²) in [5.41, 5.74) is 17.0. The van der Waals surface area contributed by atoms with Crippen LogP contribution in [-0.4, -0.2) is 0 Å². The second kappa shape index (κ2) is 6.27. The monoisotopic (exact) mass is 344 g/mol. The van der Waals surface area contributed by atoms with Crippen molar-refractivity contribution in [2.75, 3.05) is 0 Å². The summed E-state index contributed by atoms with van der Waals surface area (Å²) in [7, 11) is 0. The molecule has 0 heteroatoms. The summed E-state index contributed by atoms with van der Waals surface area (Å²) in [4.78, 5) is 0. The molecule has 0 aliphatic carbocycles. The third kappa shape index (κ3) is 2.50. The van der Waals surface area contributed by atoms with Crippen molar-refractivity contribution < 1.29 is 0 Å². The van der Waals surface area contributed by atoms with Crippen molar-refractivity contribution in [1.82, 2.24) is 0 Å². The first-order valence-electron chi connectivity index (χ1n) is 9.65. The fraction of sp³-hybridized carbons (Fsp3) is 0.385. The molecule has 0 fully saturated rings. The molecule has 0 bridgehead atoms. The van der Waals surface area contributed by atoms with Crippen molar-refractivity contribution in [3.8, 4) is 11.1 Å². The van der Waals surface area contributed by atoms with E-state index >= 15 is 0 Å². The minimum Gasteiger partial charge on any atom is -0.0509 e. The highest BCUT2D eigenvalue weighted by Crippen LogP contribution is 2.40. The van der Waals surface area contributed by atoms with Crippen molar-refractivity contribution in [3.63, 3.8) is 0 Å². The van der Waals surface area contributed by atoms with Gasteiger partial charge >= 0.3 is 0 Å². The molecular formula is C26H32. The zero-order chi connectivity index (χ0) is 19.5. The molecule has 0 heterocycles. The summed E-state index contributed by atoms with van der Waals surface area (Å²) in [6, 6.07) is 4.80. The number of fused-ring (bicyclic) bond motifs is 1. The highest BCUT2D eigenvalue weighted by molar-refractivity contribution is 6.00. The summed E-state index contributed by atoms with van der Waals surface area (Å²) in [5, 5.41) is 2.90. The van der Waals surface area contributed by atoms with E-state index in [4.69, 9.17) is 0 Å². The number of rotatable bonds is 1. The lowest BCUT2D eigenvalue weighted by molar-refractivity contribution is 1.21. The van der Waals surface area contributed by atoms with Gasteiger partial charge in [0.05, 0.1) is 0 Å². The van der Waals surface area contributed by atoms with Crippen LogP contribution in [0.25, 0.3) is 21.9 Å². The van der Waals surface area contributed by atoms with Gasteiger partial charge in [0.25, 0.3) is 0 Å². The number of hydrogen-bond acceptors (Lipinski definition) is 0. The molecule has 0 spiro atoms. The Labute approximate surface area is 159 Å². The highest BCUT2D eigenvalue weighted by Gasteiger charge is 2.18. The first-order chi connectivity index (χ1) is 12.1. The number of benzene rings is 3. The zero-order valence-electron chi connectivity index (χ0n) is 18.2. The predicted octanol–water partition coefficient (Wildman–Crippen LogP) is 7.59. The van der Waals surface area contributed by atoms with E-state index in [0.717, 1.165) is 0 Å². The van der Waals surface area contributed by atoms with Crippen molar-refractivity contribution in [2.45, 2.75) is 69.2 Å². The number of hydrogen-bond donors (Lipinski definition) is 0. The van der Waals surface area contributed by atoms with Gasteiger partial charge in [-0.3, -0.25) is 0 Å². The van der Waals surface area contributed by atoms with Gasteiger partial charge in [0.1, 0.15) is 0 Å². The lowest BCUT2D eigenvalue weighted by Gasteiger charge is -2.22. The first kappa shape index (κ1) is 18.7. The predicted molar refractivity (Wildman–Crippen MR) is 117 cm³/mol. The molecule has 136 valence electrons. The molecule has 0 atom stereocenters. The molecule has 0 unspecified atom stereocenters. The molecule has 26 heavy (non-hydrogen) atoms. The van der Waals surface area contributed by atoms with Crippen LogP contribution in [0.2, 0.25) is 0 Å². The van der Waals surface area contributed by atoms with Crippen LogP contribution in [0.15, 0.2) is 12.1 Å². The van der Waals surface area contributed by atoms with Crippen LogP contribution in [0.4, 0.5) is 0 Å². The van der Waals surface area contributed by atoms with Gasteiger partial charge in [-0.25, -0.2) is 0 Å². The molecule has 0 aliphatic rings. The summed E-state index contributed by atoms with van der Waals surface area (Å²) >= 11 is 0. The maximum absolute atomic E-state index is 2.41. The van der Waals surface area contributed by atoms with Crippen LogP contribution in [0.1, 0.15) is 55.6 Å². The fourth-order valence-electron chi connectivity index (χ4n) is 4.58. The van der Waals surface area contributed by atoms with Crippen LogP contribution in [0.3, 0.4) is 0 Å². The molecule has 0 saturated heterocycles.